The fourth-order valence-corrected chi connectivity index (χ4v) is 3.65. The number of nitrogens with one attached hydrogen (secondary N) is 1. The number of aromatic nitrogens is 5. The fourth-order valence-electron chi connectivity index (χ4n) is 2.87. The highest BCUT2D eigenvalue weighted by Gasteiger charge is 2.30. The molecule has 27 heavy (non-hydrogen) atoms. The van der Waals surface area contributed by atoms with Gasteiger partial charge in [-0.15, -0.1) is 15.3 Å². The highest BCUT2D eigenvalue weighted by molar-refractivity contribution is 7.14. The summed E-state index contributed by atoms with van der Waals surface area (Å²) in [6.45, 7) is 1.20. The van der Waals surface area contributed by atoms with Crippen LogP contribution in [0, 0.1) is 5.92 Å². The Kier molecular flexibility index (Phi) is 5.19. The fraction of sp³-hybridized carbons (Fsp3) is 0.353. The number of amides is 1. The van der Waals surface area contributed by atoms with E-state index in [-0.39, 0.29) is 36.7 Å². The van der Waals surface area contributed by atoms with Gasteiger partial charge in [0.05, 0.1) is 38.6 Å². The van der Waals surface area contributed by atoms with Gasteiger partial charge in [0.2, 0.25) is 0 Å². The quantitative estimate of drug-likeness (QED) is 0.647. The highest BCUT2D eigenvalue weighted by Crippen LogP contribution is 2.25. The van der Waals surface area contributed by atoms with E-state index < -0.39 is 0 Å². The number of aliphatic hydroxyl groups excluding tert-OH is 1. The average molecular weight is 386 g/mol. The van der Waals surface area contributed by atoms with Crippen LogP contribution in [-0.4, -0.2) is 56.0 Å². The third-order valence-electron chi connectivity index (χ3n) is 4.37. The van der Waals surface area contributed by atoms with Gasteiger partial charge in [-0.05, 0) is 0 Å². The van der Waals surface area contributed by atoms with Crippen LogP contribution in [0.4, 0.5) is 0 Å². The smallest absolute Gasteiger partial charge is 0.273 e. The zero-order chi connectivity index (χ0) is 18.6. The topological polar surface area (TPSA) is 115 Å². The number of aliphatic hydroxyl groups is 1. The number of nitrogens with zero attached hydrogens (tertiary/aromatic N) is 5. The van der Waals surface area contributed by atoms with E-state index in [0.29, 0.717) is 18.2 Å². The van der Waals surface area contributed by atoms with Crippen molar-refractivity contribution in [3.05, 3.63) is 47.2 Å². The summed E-state index contributed by atoms with van der Waals surface area (Å²) in [5.74, 6) is -0.377. The molecule has 4 rings (SSSR count). The first-order chi connectivity index (χ1) is 13.2. The van der Waals surface area contributed by atoms with Crippen LogP contribution in [0.3, 0.4) is 0 Å². The Hall–Kier alpha value is -2.69. The van der Waals surface area contributed by atoms with Gasteiger partial charge in [0.1, 0.15) is 10.0 Å². The lowest BCUT2D eigenvalue weighted by atomic mass is 10.1. The summed E-state index contributed by atoms with van der Waals surface area (Å²) in [5, 5.41) is 29.9. The van der Waals surface area contributed by atoms with E-state index in [1.807, 2.05) is 30.3 Å². The second-order valence-corrected chi connectivity index (χ2v) is 7.24. The first-order valence-corrected chi connectivity index (χ1v) is 9.32. The first kappa shape index (κ1) is 17.7. The standard InChI is InChI=1S/C17H18N6O3S/c24-8-12-9-26-10-14(12)23-7-13(19-22-23)16(25)18-6-15-20-21-17(27-15)11-4-2-1-3-5-11/h1-5,7,12,14,24H,6,8-10H2,(H,18,25)/t12-,14-/m0/s1. The third kappa shape index (κ3) is 3.87. The van der Waals surface area contributed by atoms with Crippen LogP contribution in [-0.2, 0) is 11.3 Å². The Labute approximate surface area is 159 Å². The van der Waals surface area contributed by atoms with E-state index in [2.05, 4.69) is 25.8 Å². The lowest BCUT2D eigenvalue weighted by molar-refractivity contribution is 0.0945. The number of rotatable bonds is 6. The SMILES string of the molecule is O=C(NCc1nnc(-c2ccccc2)s1)c1cn([C@H]2COC[C@@H]2CO)nn1. The van der Waals surface area contributed by atoms with Crippen molar-refractivity contribution in [3.8, 4) is 10.6 Å². The molecule has 2 N–H and O–H groups in total. The summed E-state index contributed by atoms with van der Waals surface area (Å²) in [7, 11) is 0. The minimum Gasteiger partial charge on any atom is -0.396 e. The molecule has 0 radical (unpaired) electrons. The van der Waals surface area contributed by atoms with Crippen molar-refractivity contribution in [3.63, 3.8) is 0 Å². The Bertz CT molecular complexity index is 912. The van der Waals surface area contributed by atoms with E-state index >= 15 is 0 Å². The van der Waals surface area contributed by atoms with E-state index in [4.69, 9.17) is 4.74 Å². The molecule has 1 fully saturated rings. The van der Waals surface area contributed by atoms with Crippen molar-refractivity contribution in [2.24, 2.45) is 5.92 Å². The molecule has 1 aliphatic rings. The van der Waals surface area contributed by atoms with Crippen molar-refractivity contribution in [1.82, 2.24) is 30.5 Å². The van der Waals surface area contributed by atoms with Gasteiger partial charge in [0.15, 0.2) is 5.69 Å². The molecule has 0 bridgehead atoms. The molecule has 1 aromatic carbocycles. The second-order valence-electron chi connectivity index (χ2n) is 6.18. The molecule has 3 heterocycles. The van der Waals surface area contributed by atoms with Gasteiger partial charge >= 0.3 is 0 Å². The maximum atomic E-state index is 12.3. The molecule has 140 valence electrons. The van der Waals surface area contributed by atoms with Crippen LogP contribution in [0.1, 0.15) is 21.5 Å². The zero-order valence-electron chi connectivity index (χ0n) is 14.4. The molecule has 0 spiro atoms. The Morgan fingerprint density at radius 2 is 2.11 bits per heavy atom. The van der Waals surface area contributed by atoms with Gasteiger partial charge in [0, 0.05) is 11.5 Å². The second kappa shape index (κ2) is 7.91. The molecule has 9 nitrogen and oxygen atoms in total. The van der Waals surface area contributed by atoms with Crippen LogP contribution >= 0.6 is 11.3 Å². The van der Waals surface area contributed by atoms with E-state index in [1.165, 1.54) is 11.3 Å². The number of carbonyl (C=O) groups is 1. The van der Waals surface area contributed by atoms with Crippen molar-refractivity contribution < 1.29 is 14.6 Å². The molecule has 1 saturated heterocycles. The molecule has 0 saturated carbocycles. The summed E-state index contributed by atoms with van der Waals surface area (Å²) >= 11 is 1.43. The number of hydrogen-bond acceptors (Lipinski definition) is 8. The molecular formula is C17H18N6O3S. The Morgan fingerprint density at radius 1 is 1.26 bits per heavy atom. The van der Waals surface area contributed by atoms with Crippen LogP contribution < -0.4 is 5.32 Å². The van der Waals surface area contributed by atoms with E-state index in [1.54, 1.807) is 10.9 Å². The Morgan fingerprint density at radius 3 is 2.93 bits per heavy atom. The summed E-state index contributed by atoms with van der Waals surface area (Å²) in [4.78, 5) is 12.3. The van der Waals surface area contributed by atoms with Gasteiger partial charge in [-0.1, -0.05) is 46.9 Å². The van der Waals surface area contributed by atoms with Crippen LogP contribution in [0.15, 0.2) is 36.5 Å². The molecule has 3 aromatic rings. The van der Waals surface area contributed by atoms with Gasteiger partial charge in [-0.2, -0.15) is 0 Å². The molecule has 2 atom stereocenters. The van der Waals surface area contributed by atoms with Crippen molar-refractivity contribution in [2.45, 2.75) is 12.6 Å². The predicted molar refractivity (Wildman–Crippen MR) is 97.0 cm³/mol. The summed E-state index contributed by atoms with van der Waals surface area (Å²) in [5.41, 5.74) is 1.21. The van der Waals surface area contributed by atoms with Crippen LogP contribution in [0.5, 0.6) is 0 Å². The average Bonchev–Trinajstić information content (AvgIpc) is 3.46. The van der Waals surface area contributed by atoms with E-state index in [0.717, 1.165) is 10.6 Å². The number of hydrogen-bond donors (Lipinski definition) is 2. The monoisotopic (exact) mass is 386 g/mol. The van der Waals surface area contributed by atoms with Gasteiger partial charge in [-0.25, -0.2) is 4.68 Å². The first-order valence-electron chi connectivity index (χ1n) is 8.51. The molecule has 0 aliphatic carbocycles. The molecule has 1 amide bonds. The number of ether oxygens (including phenoxy) is 1. The minimum absolute atomic E-state index is 0.00680. The van der Waals surface area contributed by atoms with Crippen LogP contribution in [0.25, 0.3) is 10.6 Å². The lowest BCUT2D eigenvalue weighted by Crippen LogP contribution is -2.23. The van der Waals surface area contributed by atoms with Crippen molar-refractivity contribution >= 4 is 17.2 Å². The van der Waals surface area contributed by atoms with Crippen molar-refractivity contribution in [1.29, 1.82) is 0 Å². The predicted octanol–water partition coefficient (Wildman–Crippen LogP) is 0.906. The maximum Gasteiger partial charge on any atom is 0.273 e. The maximum absolute atomic E-state index is 12.3. The Balaban J connectivity index is 1.37. The molecule has 1 aliphatic heterocycles. The number of benzene rings is 1. The summed E-state index contributed by atoms with van der Waals surface area (Å²) < 4.78 is 6.95. The zero-order valence-corrected chi connectivity index (χ0v) is 15.2. The molecule has 0 unspecified atom stereocenters. The molecule has 2 aromatic heterocycles. The van der Waals surface area contributed by atoms with Gasteiger partial charge in [0.25, 0.3) is 5.91 Å². The largest absolute Gasteiger partial charge is 0.396 e. The molecular weight excluding hydrogens is 368 g/mol. The third-order valence-corrected chi connectivity index (χ3v) is 5.34. The van der Waals surface area contributed by atoms with E-state index in [9.17, 15) is 9.90 Å². The normalized spacial score (nSPS) is 19.3. The highest BCUT2D eigenvalue weighted by atomic mass is 32.1. The summed E-state index contributed by atoms with van der Waals surface area (Å²) in [6, 6.07) is 9.65. The lowest BCUT2D eigenvalue weighted by Gasteiger charge is -2.14. The molecule has 10 heteroatoms. The van der Waals surface area contributed by atoms with Crippen molar-refractivity contribution in [2.75, 3.05) is 19.8 Å². The number of carbonyl (C=O) groups excluding carboxylic acids is 1. The summed E-state index contributed by atoms with van der Waals surface area (Å²) in [6.07, 6.45) is 1.58. The van der Waals surface area contributed by atoms with Gasteiger partial charge in [-0.3, -0.25) is 4.79 Å². The minimum atomic E-state index is -0.336. The van der Waals surface area contributed by atoms with Crippen LogP contribution in [0.2, 0.25) is 0 Å². The van der Waals surface area contributed by atoms with Gasteiger partial charge < -0.3 is 15.2 Å².